The van der Waals surface area contributed by atoms with Crippen LogP contribution in [-0.4, -0.2) is 7.11 Å². The molecule has 0 saturated heterocycles. The number of hydrogen-bond acceptors (Lipinski definition) is 3. The summed E-state index contributed by atoms with van der Waals surface area (Å²) in [5, 5.41) is 8.92. The average molecular weight is 253 g/mol. The van der Waals surface area contributed by atoms with Gasteiger partial charge in [-0.25, -0.2) is 0 Å². The van der Waals surface area contributed by atoms with Gasteiger partial charge in [0.1, 0.15) is 24.2 Å². The van der Waals surface area contributed by atoms with Crippen molar-refractivity contribution < 1.29 is 9.47 Å². The number of para-hydroxylation sites is 1. The van der Waals surface area contributed by atoms with Gasteiger partial charge in [0.25, 0.3) is 0 Å². The molecule has 19 heavy (non-hydrogen) atoms. The van der Waals surface area contributed by atoms with Crippen LogP contribution in [0.5, 0.6) is 11.5 Å². The monoisotopic (exact) mass is 253 g/mol. The van der Waals surface area contributed by atoms with Crippen molar-refractivity contribution in [3.8, 4) is 17.6 Å². The summed E-state index contributed by atoms with van der Waals surface area (Å²) in [5.41, 5.74) is 2.60. The molecule has 0 aromatic heterocycles. The average Bonchev–Trinajstić information content (AvgIpc) is 2.46. The van der Waals surface area contributed by atoms with Gasteiger partial charge in [0.05, 0.1) is 12.7 Å². The topological polar surface area (TPSA) is 42.2 Å². The molecule has 0 radical (unpaired) electrons. The van der Waals surface area contributed by atoms with E-state index in [-0.39, 0.29) is 0 Å². The minimum Gasteiger partial charge on any atom is -0.495 e. The molecule has 0 aliphatic rings. The van der Waals surface area contributed by atoms with E-state index >= 15 is 0 Å². The zero-order valence-electron chi connectivity index (χ0n) is 11.0. The summed E-state index contributed by atoms with van der Waals surface area (Å²) in [5.74, 6) is 1.44. The van der Waals surface area contributed by atoms with Crippen LogP contribution in [-0.2, 0) is 6.61 Å². The lowest BCUT2D eigenvalue weighted by molar-refractivity contribution is 0.303. The Morgan fingerprint density at radius 1 is 1.11 bits per heavy atom. The molecule has 0 heterocycles. The summed E-state index contributed by atoms with van der Waals surface area (Å²) in [4.78, 5) is 0. The smallest absolute Gasteiger partial charge is 0.137 e. The van der Waals surface area contributed by atoms with E-state index in [1.807, 2.05) is 43.3 Å². The third-order valence-corrected chi connectivity index (χ3v) is 2.87. The molecule has 0 N–H and O–H groups in total. The summed E-state index contributed by atoms with van der Waals surface area (Å²) in [6.07, 6.45) is 0. The highest BCUT2D eigenvalue weighted by Gasteiger charge is 2.05. The van der Waals surface area contributed by atoms with Crippen LogP contribution in [0.1, 0.15) is 16.7 Å². The quantitative estimate of drug-likeness (QED) is 0.838. The number of hydrogen-bond donors (Lipinski definition) is 0. The Morgan fingerprint density at radius 2 is 1.89 bits per heavy atom. The highest BCUT2D eigenvalue weighted by Crippen LogP contribution is 2.22. The first-order valence-electron chi connectivity index (χ1n) is 6.00. The maximum atomic E-state index is 8.92. The van der Waals surface area contributed by atoms with Crippen molar-refractivity contribution in [3.63, 3.8) is 0 Å². The van der Waals surface area contributed by atoms with Gasteiger partial charge in [-0.2, -0.15) is 5.26 Å². The lowest BCUT2D eigenvalue weighted by atomic mass is 10.1. The van der Waals surface area contributed by atoms with Crippen LogP contribution in [0.2, 0.25) is 0 Å². The molecular weight excluding hydrogens is 238 g/mol. The van der Waals surface area contributed by atoms with E-state index in [4.69, 9.17) is 14.7 Å². The molecule has 2 rings (SSSR count). The zero-order valence-corrected chi connectivity index (χ0v) is 11.0. The summed E-state index contributed by atoms with van der Waals surface area (Å²) in [6.45, 7) is 2.46. The fourth-order valence-corrected chi connectivity index (χ4v) is 1.80. The van der Waals surface area contributed by atoms with Crippen LogP contribution < -0.4 is 9.47 Å². The molecular formula is C16H15NO2. The van der Waals surface area contributed by atoms with Crippen LogP contribution in [0, 0.1) is 18.3 Å². The number of rotatable bonds is 4. The Kier molecular flexibility index (Phi) is 4.04. The predicted octanol–water partition coefficient (Wildman–Crippen LogP) is 3.45. The Morgan fingerprint density at radius 3 is 2.58 bits per heavy atom. The van der Waals surface area contributed by atoms with Crippen molar-refractivity contribution in [2.75, 3.05) is 7.11 Å². The van der Waals surface area contributed by atoms with E-state index in [0.717, 1.165) is 16.9 Å². The summed E-state index contributed by atoms with van der Waals surface area (Å²) in [6, 6.07) is 15.4. The first-order valence-corrected chi connectivity index (χ1v) is 6.00. The number of nitriles is 1. The Bertz CT molecular complexity index is 614. The number of aryl methyl sites for hydroxylation is 1. The van der Waals surface area contributed by atoms with E-state index in [1.54, 1.807) is 13.2 Å². The first kappa shape index (κ1) is 13.0. The molecule has 96 valence electrons. The maximum absolute atomic E-state index is 8.92. The van der Waals surface area contributed by atoms with Crippen molar-refractivity contribution in [2.24, 2.45) is 0 Å². The standard InChI is InChI=1S/C16H15NO2/c1-12-5-3-4-6-15(12)19-11-13-7-8-14(10-17)16(9-13)18-2/h3-9H,11H2,1-2H3. The fraction of sp³-hybridized carbons (Fsp3) is 0.188. The van der Waals surface area contributed by atoms with Crippen molar-refractivity contribution >= 4 is 0 Å². The van der Waals surface area contributed by atoms with Crippen molar-refractivity contribution in [2.45, 2.75) is 13.5 Å². The Balaban J connectivity index is 2.13. The second kappa shape index (κ2) is 5.92. The van der Waals surface area contributed by atoms with E-state index in [2.05, 4.69) is 6.07 Å². The van der Waals surface area contributed by atoms with Crippen LogP contribution in [0.15, 0.2) is 42.5 Å². The van der Waals surface area contributed by atoms with Gasteiger partial charge in [0.2, 0.25) is 0 Å². The van der Waals surface area contributed by atoms with Gasteiger partial charge in [-0.3, -0.25) is 0 Å². The molecule has 0 fully saturated rings. The molecule has 0 aliphatic carbocycles. The van der Waals surface area contributed by atoms with Gasteiger partial charge in [-0.05, 0) is 36.2 Å². The van der Waals surface area contributed by atoms with Gasteiger partial charge < -0.3 is 9.47 Å². The van der Waals surface area contributed by atoms with Crippen molar-refractivity contribution in [1.82, 2.24) is 0 Å². The minimum absolute atomic E-state index is 0.451. The molecule has 2 aromatic carbocycles. The Labute approximate surface area is 113 Å². The highest BCUT2D eigenvalue weighted by atomic mass is 16.5. The number of methoxy groups -OCH3 is 1. The number of benzene rings is 2. The van der Waals surface area contributed by atoms with E-state index < -0.39 is 0 Å². The molecule has 0 amide bonds. The lowest BCUT2D eigenvalue weighted by Crippen LogP contribution is -1.98. The third-order valence-electron chi connectivity index (χ3n) is 2.87. The predicted molar refractivity (Wildman–Crippen MR) is 73.2 cm³/mol. The van der Waals surface area contributed by atoms with E-state index in [0.29, 0.717) is 17.9 Å². The number of nitrogens with zero attached hydrogens (tertiary/aromatic N) is 1. The van der Waals surface area contributed by atoms with Crippen LogP contribution >= 0.6 is 0 Å². The molecule has 0 bridgehead atoms. The van der Waals surface area contributed by atoms with Crippen molar-refractivity contribution in [3.05, 3.63) is 59.2 Å². The first-order chi connectivity index (χ1) is 9.24. The van der Waals surface area contributed by atoms with Gasteiger partial charge >= 0.3 is 0 Å². The van der Waals surface area contributed by atoms with Gasteiger partial charge in [0.15, 0.2) is 0 Å². The van der Waals surface area contributed by atoms with E-state index in [1.165, 1.54) is 0 Å². The van der Waals surface area contributed by atoms with Crippen LogP contribution in [0.3, 0.4) is 0 Å². The zero-order chi connectivity index (χ0) is 13.7. The summed E-state index contributed by atoms with van der Waals surface area (Å²) in [7, 11) is 1.56. The summed E-state index contributed by atoms with van der Waals surface area (Å²) < 4.78 is 10.9. The molecule has 3 heteroatoms. The van der Waals surface area contributed by atoms with Crippen LogP contribution in [0.4, 0.5) is 0 Å². The van der Waals surface area contributed by atoms with Crippen LogP contribution in [0.25, 0.3) is 0 Å². The fourth-order valence-electron chi connectivity index (χ4n) is 1.80. The molecule has 3 nitrogen and oxygen atoms in total. The van der Waals surface area contributed by atoms with Gasteiger partial charge in [-0.1, -0.05) is 24.3 Å². The highest BCUT2D eigenvalue weighted by molar-refractivity contribution is 5.45. The lowest BCUT2D eigenvalue weighted by Gasteiger charge is -2.10. The second-order valence-corrected chi connectivity index (χ2v) is 4.20. The van der Waals surface area contributed by atoms with Gasteiger partial charge in [-0.15, -0.1) is 0 Å². The molecule has 0 saturated carbocycles. The largest absolute Gasteiger partial charge is 0.495 e. The normalized spacial score (nSPS) is 9.74. The number of ether oxygens (including phenoxy) is 2. The minimum atomic E-state index is 0.451. The molecule has 0 atom stereocenters. The third kappa shape index (κ3) is 3.05. The van der Waals surface area contributed by atoms with Gasteiger partial charge in [0, 0.05) is 0 Å². The SMILES string of the molecule is COc1cc(COc2ccccc2C)ccc1C#N. The second-order valence-electron chi connectivity index (χ2n) is 4.20. The summed E-state index contributed by atoms with van der Waals surface area (Å²) >= 11 is 0. The van der Waals surface area contributed by atoms with Crippen molar-refractivity contribution in [1.29, 1.82) is 5.26 Å². The molecule has 0 aliphatic heterocycles. The molecule has 0 spiro atoms. The van der Waals surface area contributed by atoms with E-state index in [9.17, 15) is 0 Å². The molecule has 2 aromatic rings. The Hall–Kier alpha value is -2.47. The molecule has 0 unspecified atom stereocenters. The maximum Gasteiger partial charge on any atom is 0.137 e.